The van der Waals surface area contributed by atoms with Crippen LogP contribution >= 0.6 is 0 Å². The van der Waals surface area contributed by atoms with Gasteiger partial charge >= 0.3 is 5.97 Å². The third-order valence-corrected chi connectivity index (χ3v) is 7.09. The van der Waals surface area contributed by atoms with E-state index in [1.54, 1.807) is 6.92 Å². The summed E-state index contributed by atoms with van der Waals surface area (Å²) in [5.41, 5.74) is 4.58. The Labute approximate surface area is 231 Å². The molecule has 0 saturated heterocycles. The number of aryl methyl sites for hydroxylation is 2. The molecular weight excluding hydrogens is 472 g/mol. The summed E-state index contributed by atoms with van der Waals surface area (Å²) in [5, 5.41) is 22.5. The zero-order valence-electron chi connectivity index (χ0n) is 26.3. The maximum atomic E-state index is 12.5. The van der Waals surface area contributed by atoms with E-state index in [0.717, 1.165) is 35.1 Å². The summed E-state index contributed by atoms with van der Waals surface area (Å²) < 4.78 is 5.91. The Kier molecular flexibility index (Phi) is 9.14. The lowest BCUT2D eigenvalue weighted by atomic mass is 9.77. The molecule has 4 heteroatoms. The Morgan fingerprint density at radius 1 is 0.684 bits per heavy atom. The Morgan fingerprint density at radius 3 is 1.53 bits per heavy atom. The van der Waals surface area contributed by atoms with Crippen LogP contribution in [-0.2, 0) is 39.3 Å². The van der Waals surface area contributed by atoms with Crippen molar-refractivity contribution in [1.82, 2.24) is 0 Å². The van der Waals surface area contributed by atoms with Gasteiger partial charge in [0.15, 0.2) is 0 Å². The van der Waals surface area contributed by atoms with Gasteiger partial charge in [-0.15, -0.1) is 0 Å². The molecule has 0 spiro atoms. The molecule has 0 heterocycles. The zero-order valence-corrected chi connectivity index (χ0v) is 26.3. The molecule has 0 fully saturated rings. The van der Waals surface area contributed by atoms with Crippen molar-refractivity contribution in [2.24, 2.45) is 0 Å². The minimum absolute atomic E-state index is 0.179. The van der Waals surface area contributed by atoms with E-state index in [1.807, 2.05) is 26.8 Å². The van der Waals surface area contributed by atoms with Crippen LogP contribution in [0.15, 0.2) is 18.2 Å². The first-order valence-corrected chi connectivity index (χ1v) is 14.1. The maximum absolute atomic E-state index is 12.5. The number of ether oxygens (including phenoxy) is 1. The van der Waals surface area contributed by atoms with E-state index in [9.17, 15) is 15.0 Å². The highest BCUT2D eigenvalue weighted by molar-refractivity contribution is 5.74. The van der Waals surface area contributed by atoms with Crippen LogP contribution in [0, 0.1) is 0 Å². The molecule has 2 N–H and O–H groups in total. The quantitative estimate of drug-likeness (QED) is 0.293. The van der Waals surface area contributed by atoms with Crippen molar-refractivity contribution in [3.8, 4) is 17.2 Å². The summed E-state index contributed by atoms with van der Waals surface area (Å²) in [6, 6.07) is 6.31. The monoisotopic (exact) mass is 524 g/mol. The van der Waals surface area contributed by atoms with Gasteiger partial charge in [0.1, 0.15) is 17.2 Å². The Balaban J connectivity index is 2.60. The van der Waals surface area contributed by atoms with Crippen LogP contribution in [0.5, 0.6) is 17.2 Å². The van der Waals surface area contributed by atoms with Crippen molar-refractivity contribution in [3.05, 3.63) is 51.6 Å². The maximum Gasteiger partial charge on any atom is 0.310 e. The molecule has 38 heavy (non-hydrogen) atoms. The Bertz CT molecular complexity index is 1120. The predicted molar refractivity (Wildman–Crippen MR) is 159 cm³/mol. The van der Waals surface area contributed by atoms with Gasteiger partial charge in [0, 0.05) is 17.5 Å². The smallest absolute Gasteiger partial charge is 0.310 e. The average Bonchev–Trinajstić information content (AvgIpc) is 2.72. The van der Waals surface area contributed by atoms with E-state index in [0.29, 0.717) is 23.5 Å². The van der Waals surface area contributed by atoms with Gasteiger partial charge in [-0.3, -0.25) is 4.79 Å². The van der Waals surface area contributed by atoms with E-state index in [1.165, 1.54) is 5.56 Å². The van der Waals surface area contributed by atoms with Crippen molar-refractivity contribution >= 4 is 5.97 Å². The van der Waals surface area contributed by atoms with Crippen LogP contribution in [0.25, 0.3) is 0 Å². The van der Waals surface area contributed by atoms with Gasteiger partial charge < -0.3 is 14.9 Å². The average molecular weight is 525 g/mol. The van der Waals surface area contributed by atoms with Crippen molar-refractivity contribution in [3.63, 3.8) is 0 Å². The number of phenolic OH excluding ortho intramolecular Hbond substituents is 2. The molecule has 212 valence electrons. The van der Waals surface area contributed by atoms with Gasteiger partial charge in [-0.2, -0.15) is 0 Å². The van der Waals surface area contributed by atoms with Crippen molar-refractivity contribution < 1.29 is 19.7 Å². The highest BCUT2D eigenvalue weighted by atomic mass is 16.5. The first kappa shape index (κ1) is 31.7. The first-order valence-electron chi connectivity index (χ1n) is 14.1. The van der Waals surface area contributed by atoms with Gasteiger partial charge in [0.05, 0.1) is 0 Å². The van der Waals surface area contributed by atoms with Gasteiger partial charge in [0.2, 0.25) is 0 Å². The number of hydrogen-bond donors (Lipinski definition) is 2. The summed E-state index contributed by atoms with van der Waals surface area (Å²) in [6.45, 7) is 27.0. The largest absolute Gasteiger partial charge is 0.507 e. The molecule has 0 saturated carbocycles. The molecule has 2 aromatic carbocycles. The molecule has 0 amide bonds. The number of rotatable bonds is 6. The summed E-state index contributed by atoms with van der Waals surface area (Å²) in [6.07, 6.45) is 2.63. The van der Waals surface area contributed by atoms with E-state index in [-0.39, 0.29) is 34.4 Å². The van der Waals surface area contributed by atoms with Gasteiger partial charge in [-0.25, -0.2) is 0 Å². The highest BCUT2D eigenvalue weighted by Crippen LogP contribution is 2.47. The van der Waals surface area contributed by atoms with Gasteiger partial charge in [-0.05, 0) is 69.2 Å². The lowest BCUT2D eigenvalue weighted by molar-refractivity contribution is -0.134. The summed E-state index contributed by atoms with van der Waals surface area (Å²) >= 11 is 0. The standard InChI is InChI=1S/C34H52O4/c1-14-26(35)38-30-22(20-25(33(8,9)10)29(37)27(30)34(11,12)13)17-15-16-21-18-23(31(2,3)4)28(36)24(19-21)32(5,6)7/h18-20,36-37H,14-17H2,1-13H3. The van der Waals surface area contributed by atoms with Crippen LogP contribution in [0.2, 0.25) is 0 Å². The minimum atomic E-state index is -0.413. The molecule has 4 nitrogen and oxygen atoms in total. The van der Waals surface area contributed by atoms with E-state index >= 15 is 0 Å². The normalized spacial score (nSPS) is 13.1. The number of carbonyl (C=O) groups excluding carboxylic acids is 1. The summed E-state index contributed by atoms with van der Waals surface area (Å²) in [7, 11) is 0. The van der Waals surface area contributed by atoms with Crippen LogP contribution in [0.3, 0.4) is 0 Å². The molecule has 0 bridgehead atoms. The van der Waals surface area contributed by atoms with Gasteiger partial charge in [-0.1, -0.05) is 102 Å². The minimum Gasteiger partial charge on any atom is -0.507 e. The second-order valence-electron chi connectivity index (χ2n) is 14.9. The molecule has 0 aromatic heterocycles. The SMILES string of the molecule is CCC(=O)Oc1c(CCCc2cc(C(C)(C)C)c(O)c(C(C)(C)C)c2)cc(C(C)(C)C)c(O)c1C(C)(C)C. The second kappa shape index (κ2) is 10.9. The molecule has 2 aromatic rings. The highest BCUT2D eigenvalue weighted by Gasteiger charge is 2.32. The summed E-state index contributed by atoms with van der Waals surface area (Å²) in [5.74, 6) is 0.815. The fraction of sp³-hybridized carbons (Fsp3) is 0.618. The lowest BCUT2D eigenvalue weighted by Gasteiger charge is -2.31. The van der Waals surface area contributed by atoms with E-state index in [2.05, 4.69) is 74.4 Å². The molecule has 2 rings (SSSR count). The Morgan fingerprint density at radius 2 is 1.13 bits per heavy atom. The van der Waals surface area contributed by atoms with Crippen molar-refractivity contribution in [2.75, 3.05) is 0 Å². The number of carbonyl (C=O) groups is 1. The molecular formula is C34H52O4. The summed E-state index contributed by atoms with van der Waals surface area (Å²) in [4.78, 5) is 12.5. The fourth-order valence-corrected chi connectivity index (χ4v) is 4.93. The number of phenols is 2. The molecule has 0 aliphatic carbocycles. The third-order valence-electron chi connectivity index (χ3n) is 7.09. The van der Waals surface area contributed by atoms with Crippen LogP contribution in [0.4, 0.5) is 0 Å². The topological polar surface area (TPSA) is 66.8 Å². The fourth-order valence-electron chi connectivity index (χ4n) is 4.93. The second-order valence-corrected chi connectivity index (χ2v) is 14.9. The number of aromatic hydroxyl groups is 2. The first-order chi connectivity index (χ1) is 17.1. The number of benzene rings is 2. The van der Waals surface area contributed by atoms with Crippen molar-refractivity contribution in [1.29, 1.82) is 0 Å². The van der Waals surface area contributed by atoms with E-state index in [4.69, 9.17) is 4.74 Å². The molecule has 0 aliphatic heterocycles. The number of hydrogen-bond acceptors (Lipinski definition) is 4. The third kappa shape index (κ3) is 7.33. The molecule has 0 radical (unpaired) electrons. The molecule has 0 unspecified atom stereocenters. The van der Waals surface area contributed by atoms with Crippen LogP contribution in [0.1, 0.15) is 136 Å². The van der Waals surface area contributed by atoms with Crippen LogP contribution in [-0.4, -0.2) is 16.2 Å². The van der Waals surface area contributed by atoms with Crippen LogP contribution < -0.4 is 4.74 Å². The Hall–Kier alpha value is -2.49. The molecule has 0 atom stereocenters. The lowest BCUT2D eigenvalue weighted by Crippen LogP contribution is -2.21. The molecule has 0 aliphatic rings. The zero-order chi connectivity index (χ0) is 29.4. The number of esters is 1. The predicted octanol–water partition coefficient (Wildman–Crippen LogP) is 8.78. The van der Waals surface area contributed by atoms with Gasteiger partial charge in [0.25, 0.3) is 0 Å². The van der Waals surface area contributed by atoms with E-state index < -0.39 is 5.41 Å². The van der Waals surface area contributed by atoms with Crippen molar-refractivity contribution in [2.45, 2.75) is 137 Å².